The van der Waals surface area contributed by atoms with Crippen molar-refractivity contribution in [2.75, 3.05) is 5.43 Å². The van der Waals surface area contributed by atoms with Crippen LogP contribution in [0.5, 0.6) is 11.6 Å². The number of aromatic nitrogens is 4. The molecule has 20 heavy (non-hydrogen) atoms. The number of H-pyrrole nitrogens is 1. The molecule has 0 aliphatic rings. The highest BCUT2D eigenvalue weighted by Crippen LogP contribution is 2.29. The minimum absolute atomic E-state index is 0.265. The quantitative estimate of drug-likeness (QED) is 0.497. The lowest BCUT2D eigenvalue weighted by Crippen LogP contribution is -2.11. The molecule has 0 atom stereocenters. The zero-order chi connectivity index (χ0) is 14.1. The number of aryl methyl sites for hydroxylation is 2. The Morgan fingerprint density at radius 3 is 2.85 bits per heavy atom. The van der Waals surface area contributed by atoms with E-state index in [4.69, 9.17) is 10.6 Å². The molecular weight excluding hydrogens is 256 g/mol. The lowest BCUT2D eigenvalue weighted by Gasteiger charge is -2.10. The molecule has 2 heterocycles. The van der Waals surface area contributed by atoms with Crippen LogP contribution in [0.3, 0.4) is 0 Å². The summed E-state index contributed by atoms with van der Waals surface area (Å²) in [4.78, 5) is 8.37. The lowest BCUT2D eigenvalue weighted by atomic mass is 10.1. The van der Waals surface area contributed by atoms with Crippen LogP contribution in [0.4, 0.5) is 5.95 Å². The smallest absolute Gasteiger partial charge is 0.242 e. The van der Waals surface area contributed by atoms with Crippen molar-refractivity contribution in [1.82, 2.24) is 20.2 Å². The molecule has 0 fully saturated rings. The van der Waals surface area contributed by atoms with Crippen LogP contribution in [0.1, 0.15) is 11.1 Å². The van der Waals surface area contributed by atoms with Gasteiger partial charge in [0.25, 0.3) is 0 Å². The number of aromatic amines is 1. The van der Waals surface area contributed by atoms with Crippen LogP contribution in [-0.4, -0.2) is 20.2 Å². The molecule has 7 nitrogen and oxygen atoms in total. The van der Waals surface area contributed by atoms with Gasteiger partial charge in [-0.1, -0.05) is 17.7 Å². The van der Waals surface area contributed by atoms with Crippen LogP contribution in [0.15, 0.2) is 24.4 Å². The molecule has 0 amide bonds. The Morgan fingerprint density at radius 1 is 1.25 bits per heavy atom. The Balaban J connectivity index is 2.07. The number of hydrazine groups is 1. The molecule has 0 saturated heterocycles. The first-order valence-electron chi connectivity index (χ1n) is 6.10. The van der Waals surface area contributed by atoms with E-state index in [0.29, 0.717) is 16.9 Å². The second-order valence-electron chi connectivity index (χ2n) is 4.50. The Bertz CT molecular complexity index is 767. The third-order valence-electron chi connectivity index (χ3n) is 2.94. The molecule has 0 aliphatic heterocycles. The van der Waals surface area contributed by atoms with E-state index in [1.54, 1.807) is 6.20 Å². The fourth-order valence-electron chi connectivity index (χ4n) is 1.97. The van der Waals surface area contributed by atoms with E-state index < -0.39 is 0 Å². The Kier molecular flexibility index (Phi) is 2.96. The number of rotatable bonds is 3. The zero-order valence-electron chi connectivity index (χ0n) is 11.1. The van der Waals surface area contributed by atoms with Crippen molar-refractivity contribution in [2.24, 2.45) is 5.84 Å². The number of ether oxygens (including phenoxy) is 1. The summed E-state index contributed by atoms with van der Waals surface area (Å²) in [5, 5.41) is 7.41. The summed E-state index contributed by atoms with van der Waals surface area (Å²) in [6.07, 6.45) is 1.62. The molecule has 1 aromatic carbocycles. The maximum absolute atomic E-state index is 5.87. The van der Waals surface area contributed by atoms with Gasteiger partial charge in [-0.15, -0.1) is 0 Å². The van der Waals surface area contributed by atoms with Gasteiger partial charge in [-0.2, -0.15) is 15.1 Å². The maximum Gasteiger partial charge on any atom is 0.242 e. The molecule has 3 rings (SSSR count). The summed E-state index contributed by atoms with van der Waals surface area (Å²) in [7, 11) is 0. The molecular formula is C13H14N6O. The molecule has 3 aromatic rings. The molecule has 4 N–H and O–H groups in total. The van der Waals surface area contributed by atoms with Gasteiger partial charge in [-0.25, -0.2) is 5.84 Å². The van der Waals surface area contributed by atoms with E-state index in [0.717, 1.165) is 11.3 Å². The summed E-state index contributed by atoms with van der Waals surface area (Å²) in [5.74, 6) is 6.76. The van der Waals surface area contributed by atoms with E-state index in [-0.39, 0.29) is 5.95 Å². The van der Waals surface area contributed by atoms with Gasteiger partial charge >= 0.3 is 0 Å². The van der Waals surface area contributed by atoms with Crippen molar-refractivity contribution >= 4 is 17.0 Å². The number of benzene rings is 1. The SMILES string of the molecule is Cc1ccc(Oc2nc(NN)nc3[nH]ncc23)c(C)c1. The monoisotopic (exact) mass is 270 g/mol. The standard InChI is InChI=1S/C13H14N6O/c1-7-3-4-10(8(2)5-7)20-12-9-6-15-19-11(9)16-13(17-12)18-14/h3-6H,14H2,1-2H3,(H2,15,16,17,18,19). The highest BCUT2D eigenvalue weighted by atomic mass is 16.5. The zero-order valence-corrected chi connectivity index (χ0v) is 11.1. The van der Waals surface area contributed by atoms with Gasteiger partial charge in [-0.3, -0.25) is 10.5 Å². The minimum Gasteiger partial charge on any atom is -0.438 e. The van der Waals surface area contributed by atoms with Crippen molar-refractivity contribution in [1.29, 1.82) is 0 Å². The average molecular weight is 270 g/mol. The minimum atomic E-state index is 0.265. The lowest BCUT2D eigenvalue weighted by molar-refractivity contribution is 0.465. The van der Waals surface area contributed by atoms with Crippen molar-refractivity contribution in [2.45, 2.75) is 13.8 Å². The van der Waals surface area contributed by atoms with Crippen LogP contribution in [0.2, 0.25) is 0 Å². The molecule has 102 valence electrons. The number of hydrogen-bond acceptors (Lipinski definition) is 6. The number of nitrogens with two attached hydrogens (primary N) is 1. The number of hydrogen-bond donors (Lipinski definition) is 3. The van der Waals surface area contributed by atoms with Gasteiger partial charge in [0, 0.05) is 0 Å². The summed E-state index contributed by atoms with van der Waals surface area (Å²) in [6.45, 7) is 4.02. The number of nitrogens with one attached hydrogen (secondary N) is 2. The topological polar surface area (TPSA) is 102 Å². The molecule has 0 aliphatic carbocycles. The Morgan fingerprint density at radius 2 is 2.10 bits per heavy atom. The number of fused-ring (bicyclic) bond motifs is 1. The van der Waals surface area contributed by atoms with Gasteiger partial charge in [0.05, 0.1) is 6.20 Å². The molecule has 0 saturated carbocycles. The summed E-state index contributed by atoms with van der Waals surface area (Å²) >= 11 is 0. The van der Waals surface area contributed by atoms with Crippen LogP contribution < -0.4 is 16.0 Å². The molecule has 0 spiro atoms. The first kappa shape index (κ1) is 12.4. The average Bonchev–Trinajstić information content (AvgIpc) is 2.90. The van der Waals surface area contributed by atoms with Crippen molar-refractivity contribution < 1.29 is 4.74 Å². The van der Waals surface area contributed by atoms with Gasteiger partial charge < -0.3 is 4.74 Å². The number of anilines is 1. The largest absolute Gasteiger partial charge is 0.438 e. The molecule has 0 bridgehead atoms. The van der Waals surface area contributed by atoms with E-state index in [1.165, 1.54) is 5.56 Å². The van der Waals surface area contributed by atoms with Crippen molar-refractivity contribution in [3.8, 4) is 11.6 Å². The van der Waals surface area contributed by atoms with Gasteiger partial charge in [0.15, 0.2) is 5.65 Å². The first-order chi connectivity index (χ1) is 9.67. The highest BCUT2D eigenvalue weighted by Gasteiger charge is 2.12. The third kappa shape index (κ3) is 2.14. The van der Waals surface area contributed by atoms with Crippen LogP contribution >= 0.6 is 0 Å². The van der Waals surface area contributed by atoms with Crippen LogP contribution in [0.25, 0.3) is 11.0 Å². The first-order valence-corrected chi connectivity index (χ1v) is 6.10. The molecule has 0 radical (unpaired) electrons. The van der Waals surface area contributed by atoms with Crippen LogP contribution in [0, 0.1) is 13.8 Å². The van der Waals surface area contributed by atoms with E-state index in [9.17, 15) is 0 Å². The van der Waals surface area contributed by atoms with E-state index in [2.05, 4.69) is 25.6 Å². The van der Waals surface area contributed by atoms with Crippen LogP contribution in [-0.2, 0) is 0 Å². The number of nitrogen functional groups attached to an aromatic ring is 1. The summed E-state index contributed by atoms with van der Waals surface area (Å²) in [6, 6.07) is 5.94. The second-order valence-corrected chi connectivity index (χ2v) is 4.50. The number of nitrogens with zero attached hydrogens (tertiary/aromatic N) is 3. The third-order valence-corrected chi connectivity index (χ3v) is 2.94. The van der Waals surface area contributed by atoms with Gasteiger partial charge in [0.1, 0.15) is 11.1 Å². The van der Waals surface area contributed by atoms with Crippen molar-refractivity contribution in [3.63, 3.8) is 0 Å². The maximum atomic E-state index is 5.87. The fraction of sp³-hybridized carbons (Fsp3) is 0.154. The van der Waals surface area contributed by atoms with Crippen molar-refractivity contribution in [3.05, 3.63) is 35.5 Å². The predicted molar refractivity (Wildman–Crippen MR) is 75.5 cm³/mol. The van der Waals surface area contributed by atoms with E-state index >= 15 is 0 Å². The molecule has 0 unspecified atom stereocenters. The molecule has 7 heteroatoms. The Hall–Kier alpha value is -2.67. The van der Waals surface area contributed by atoms with E-state index in [1.807, 2.05) is 32.0 Å². The Labute approximate surface area is 115 Å². The summed E-state index contributed by atoms with van der Waals surface area (Å²) < 4.78 is 5.87. The predicted octanol–water partition coefficient (Wildman–Crippen LogP) is 2.05. The van der Waals surface area contributed by atoms with Gasteiger partial charge in [0.2, 0.25) is 11.8 Å². The normalized spacial score (nSPS) is 10.8. The highest BCUT2D eigenvalue weighted by molar-refractivity contribution is 5.80. The molecule has 2 aromatic heterocycles. The summed E-state index contributed by atoms with van der Waals surface area (Å²) in [5.41, 5.74) is 5.18. The van der Waals surface area contributed by atoms with Gasteiger partial charge in [-0.05, 0) is 25.5 Å². The fourth-order valence-corrected chi connectivity index (χ4v) is 1.97. The second kappa shape index (κ2) is 4.78.